The summed E-state index contributed by atoms with van der Waals surface area (Å²) in [6, 6.07) is 12.6. The number of anilines is 1. The second-order valence-corrected chi connectivity index (χ2v) is 7.87. The van der Waals surface area contributed by atoms with Crippen molar-refractivity contribution in [1.82, 2.24) is 15.1 Å². The molecule has 0 bridgehead atoms. The quantitative estimate of drug-likeness (QED) is 0.607. The van der Waals surface area contributed by atoms with Crippen LogP contribution in [0.1, 0.15) is 30.0 Å². The van der Waals surface area contributed by atoms with Crippen LogP contribution in [-0.2, 0) is 6.42 Å². The molecule has 1 aromatic heterocycles. The normalized spacial score (nSPS) is 19.2. The maximum Gasteiger partial charge on any atom is 0.289 e. The first-order chi connectivity index (χ1) is 14.7. The predicted octanol–water partition coefficient (Wildman–Crippen LogP) is 2.45. The molecular formula is C23H31N5O2. The van der Waals surface area contributed by atoms with E-state index in [1.165, 1.54) is 11.3 Å². The number of benzene rings is 1. The zero-order chi connectivity index (χ0) is 20.9. The Bertz CT molecular complexity index is 871. The highest BCUT2D eigenvalue weighted by Crippen LogP contribution is 2.31. The van der Waals surface area contributed by atoms with Gasteiger partial charge in [0.25, 0.3) is 5.91 Å². The third-order valence-electron chi connectivity index (χ3n) is 5.88. The molecule has 0 saturated carbocycles. The van der Waals surface area contributed by atoms with Crippen molar-refractivity contribution >= 4 is 17.6 Å². The lowest BCUT2D eigenvalue weighted by molar-refractivity contribution is 0.0657. The molecule has 2 aliphatic heterocycles. The van der Waals surface area contributed by atoms with Gasteiger partial charge in [0.2, 0.25) is 0 Å². The van der Waals surface area contributed by atoms with Crippen molar-refractivity contribution in [2.24, 2.45) is 4.99 Å². The Morgan fingerprint density at radius 1 is 1.13 bits per heavy atom. The van der Waals surface area contributed by atoms with Crippen LogP contribution in [0, 0.1) is 0 Å². The van der Waals surface area contributed by atoms with Crippen LogP contribution in [0.15, 0.2) is 52.1 Å². The third kappa shape index (κ3) is 4.30. The maximum atomic E-state index is 12.5. The first kappa shape index (κ1) is 20.3. The summed E-state index contributed by atoms with van der Waals surface area (Å²) < 4.78 is 5.25. The molecule has 2 aromatic rings. The van der Waals surface area contributed by atoms with E-state index in [4.69, 9.17) is 9.41 Å². The fourth-order valence-corrected chi connectivity index (χ4v) is 4.34. The van der Waals surface area contributed by atoms with Gasteiger partial charge in [-0.2, -0.15) is 0 Å². The Morgan fingerprint density at radius 2 is 1.90 bits per heavy atom. The molecule has 1 unspecified atom stereocenters. The van der Waals surface area contributed by atoms with E-state index in [1.54, 1.807) is 18.4 Å². The summed E-state index contributed by atoms with van der Waals surface area (Å²) >= 11 is 0. The number of amides is 1. The Balaban J connectivity index is 1.34. The Kier molecular flexibility index (Phi) is 6.26. The number of guanidine groups is 1. The number of hydrogen-bond donors (Lipinski definition) is 1. The van der Waals surface area contributed by atoms with E-state index in [2.05, 4.69) is 53.2 Å². The second-order valence-electron chi connectivity index (χ2n) is 7.87. The van der Waals surface area contributed by atoms with Crippen LogP contribution in [0.2, 0.25) is 0 Å². The number of nitrogens with zero attached hydrogens (tertiary/aromatic N) is 4. The zero-order valence-corrected chi connectivity index (χ0v) is 17.9. The molecule has 7 heteroatoms. The molecule has 0 spiro atoms. The summed E-state index contributed by atoms with van der Waals surface area (Å²) in [5.41, 5.74) is 2.77. The fraction of sp³-hybridized carbons (Fsp3) is 0.478. The first-order valence-electron chi connectivity index (χ1n) is 10.9. The van der Waals surface area contributed by atoms with Crippen molar-refractivity contribution < 1.29 is 9.21 Å². The molecule has 30 heavy (non-hydrogen) atoms. The largest absolute Gasteiger partial charge is 0.459 e. The topological polar surface area (TPSA) is 64.3 Å². The summed E-state index contributed by atoms with van der Waals surface area (Å²) in [4.78, 5) is 23.9. The minimum absolute atomic E-state index is 0.0386. The number of para-hydroxylation sites is 1. The maximum absolute atomic E-state index is 12.5. The van der Waals surface area contributed by atoms with Gasteiger partial charge in [0, 0.05) is 51.0 Å². The number of carbonyl (C=O) groups is 1. The molecular weight excluding hydrogens is 378 g/mol. The molecule has 1 aromatic carbocycles. The van der Waals surface area contributed by atoms with Gasteiger partial charge < -0.3 is 24.4 Å². The van der Waals surface area contributed by atoms with E-state index in [9.17, 15) is 4.79 Å². The number of piperazine rings is 1. The first-order valence-corrected chi connectivity index (χ1v) is 10.9. The molecule has 1 N–H and O–H groups in total. The zero-order valence-electron chi connectivity index (χ0n) is 17.9. The summed E-state index contributed by atoms with van der Waals surface area (Å²) in [5, 5.41) is 3.42. The van der Waals surface area contributed by atoms with E-state index < -0.39 is 0 Å². The Hall–Kier alpha value is -2.96. The highest BCUT2D eigenvalue weighted by Gasteiger charge is 2.26. The van der Waals surface area contributed by atoms with Crippen LogP contribution >= 0.6 is 0 Å². The van der Waals surface area contributed by atoms with E-state index in [0.29, 0.717) is 24.9 Å². The monoisotopic (exact) mass is 409 g/mol. The molecule has 2 aliphatic rings. The highest BCUT2D eigenvalue weighted by molar-refractivity contribution is 5.91. The van der Waals surface area contributed by atoms with Crippen LogP contribution < -0.4 is 10.2 Å². The van der Waals surface area contributed by atoms with Crippen LogP contribution in [-0.4, -0.2) is 73.5 Å². The van der Waals surface area contributed by atoms with Gasteiger partial charge in [0.05, 0.1) is 12.8 Å². The summed E-state index contributed by atoms with van der Waals surface area (Å²) in [7, 11) is 0. The third-order valence-corrected chi connectivity index (χ3v) is 5.88. The molecule has 160 valence electrons. The second kappa shape index (κ2) is 9.24. The van der Waals surface area contributed by atoms with E-state index >= 15 is 0 Å². The van der Waals surface area contributed by atoms with Crippen molar-refractivity contribution in [3.8, 4) is 0 Å². The molecule has 4 rings (SSSR count). The van der Waals surface area contributed by atoms with Crippen molar-refractivity contribution in [3.05, 3.63) is 54.0 Å². The van der Waals surface area contributed by atoms with Gasteiger partial charge in [-0.3, -0.25) is 9.79 Å². The van der Waals surface area contributed by atoms with Crippen LogP contribution in [0.5, 0.6) is 0 Å². The molecule has 1 saturated heterocycles. The van der Waals surface area contributed by atoms with Gasteiger partial charge in [-0.15, -0.1) is 0 Å². The van der Waals surface area contributed by atoms with E-state index in [0.717, 1.165) is 45.1 Å². The van der Waals surface area contributed by atoms with E-state index in [-0.39, 0.29) is 5.91 Å². The highest BCUT2D eigenvalue weighted by atomic mass is 16.3. The Morgan fingerprint density at radius 3 is 2.63 bits per heavy atom. The standard InChI is InChI=1S/C23H31N5O2/c1-3-24-23(25-10-11-28-18(2)17-19-7-4-5-8-20(19)28)27-14-12-26(13-15-27)22(29)21-9-6-16-30-21/h4-9,16,18H,3,10-15,17H2,1-2H3,(H,24,25). The number of rotatable bonds is 5. The van der Waals surface area contributed by atoms with Gasteiger partial charge >= 0.3 is 0 Å². The number of aliphatic imine (C=N–C) groups is 1. The molecule has 7 nitrogen and oxygen atoms in total. The number of carbonyl (C=O) groups excluding carboxylic acids is 1. The fourth-order valence-electron chi connectivity index (χ4n) is 4.34. The number of furan rings is 1. The lowest BCUT2D eigenvalue weighted by Gasteiger charge is -2.36. The summed E-state index contributed by atoms with van der Waals surface area (Å²) in [6.45, 7) is 9.71. The van der Waals surface area contributed by atoms with Crippen molar-refractivity contribution in [3.63, 3.8) is 0 Å². The average Bonchev–Trinajstić information content (AvgIpc) is 3.41. The van der Waals surface area contributed by atoms with Crippen LogP contribution in [0.25, 0.3) is 0 Å². The van der Waals surface area contributed by atoms with Crippen molar-refractivity contribution in [1.29, 1.82) is 0 Å². The smallest absolute Gasteiger partial charge is 0.289 e. The lowest BCUT2D eigenvalue weighted by Crippen LogP contribution is -2.53. The van der Waals surface area contributed by atoms with Gasteiger partial charge in [-0.05, 0) is 44.0 Å². The molecule has 3 heterocycles. The minimum Gasteiger partial charge on any atom is -0.459 e. The number of nitrogens with one attached hydrogen (secondary N) is 1. The summed E-state index contributed by atoms with van der Waals surface area (Å²) in [5.74, 6) is 1.30. The van der Waals surface area contributed by atoms with Crippen LogP contribution in [0.4, 0.5) is 5.69 Å². The summed E-state index contributed by atoms with van der Waals surface area (Å²) in [6.07, 6.45) is 2.64. The molecule has 1 fully saturated rings. The number of hydrogen-bond acceptors (Lipinski definition) is 4. The van der Waals surface area contributed by atoms with E-state index in [1.807, 2.05) is 4.90 Å². The van der Waals surface area contributed by atoms with Crippen LogP contribution in [0.3, 0.4) is 0 Å². The van der Waals surface area contributed by atoms with Gasteiger partial charge in [-0.1, -0.05) is 18.2 Å². The predicted molar refractivity (Wildman–Crippen MR) is 119 cm³/mol. The van der Waals surface area contributed by atoms with Gasteiger partial charge in [0.15, 0.2) is 11.7 Å². The molecule has 0 radical (unpaired) electrons. The lowest BCUT2D eigenvalue weighted by atomic mass is 10.1. The van der Waals surface area contributed by atoms with Crippen molar-refractivity contribution in [2.75, 3.05) is 50.7 Å². The SMILES string of the molecule is CCNC(=NCCN1c2ccccc2CC1C)N1CCN(C(=O)c2ccco2)CC1. The van der Waals surface area contributed by atoms with Crippen molar-refractivity contribution in [2.45, 2.75) is 26.3 Å². The van der Waals surface area contributed by atoms with Gasteiger partial charge in [-0.25, -0.2) is 0 Å². The Labute approximate surface area is 178 Å². The average molecular weight is 410 g/mol. The van der Waals surface area contributed by atoms with Gasteiger partial charge in [0.1, 0.15) is 0 Å². The molecule has 0 aliphatic carbocycles. The number of fused-ring (bicyclic) bond motifs is 1. The minimum atomic E-state index is -0.0386. The molecule has 1 amide bonds. The molecule has 1 atom stereocenters.